The molecule has 0 bridgehead atoms. The number of hydrogen-bond donors (Lipinski definition) is 2. The summed E-state index contributed by atoms with van der Waals surface area (Å²) in [7, 11) is 0. The first-order chi connectivity index (χ1) is 9.61. The summed E-state index contributed by atoms with van der Waals surface area (Å²) >= 11 is 0. The molecular formula is C16H19NO3. The third-order valence-corrected chi connectivity index (χ3v) is 4.73. The largest absolute Gasteiger partial charge is 0.481 e. The quantitative estimate of drug-likeness (QED) is 0.885. The molecule has 0 aliphatic heterocycles. The van der Waals surface area contributed by atoms with Crippen molar-refractivity contribution < 1.29 is 14.7 Å². The molecule has 2 N–H and O–H groups in total. The molecule has 0 radical (unpaired) electrons. The fourth-order valence-electron chi connectivity index (χ4n) is 3.33. The van der Waals surface area contributed by atoms with Crippen LogP contribution >= 0.6 is 0 Å². The highest BCUT2D eigenvalue weighted by molar-refractivity contribution is 5.85. The molecule has 1 aromatic carbocycles. The van der Waals surface area contributed by atoms with Gasteiger partial charge in [0.15, 0.2) is 0 Å². The molecule has 0 saturated heterocycles. The van der Waals surface area contributed by atoms with Gasteiger partial charge in [0, 0.05) is 6.42 Å². The Bertz CT molecular complexity index is 548. The molecule has 0 heterocycles. The maximum absolute atomic E-state index is 12.1. The van der Waals surface area contributed by atoms with Crippen molar-refractivity contribution in [3.05, 3.63) is 35.4 Å². The van der Waals surface area contributed by atoms with Crippen molar-refractivity contribution in [3.8, 4) is 0 Å². The molecule has 1 atom stereocenters. The van der Waals surface area contributed by atoms with Gasteiger partial charge >= 0.3 is 5.97 Å². The number of carbonyl (C=O) groups excluding carboxylic acids is 1. The number of carboxylic acid groups (broad SMARTS) is 1. The van der Waals surface area contributed by atoms with Gasteiger partial charge in [-0.25, -0.2) is 0 Å². The van der Waals surface area contributed by atoms with E-state index in [2.05, 4.69) is 11.4 Å². The summed E-state index contributed by atoms with van der Waals surface area (Å²) in [4.78, 5) is 23.4. The first-order valence-electron chi connectivity index (χ1n) is 7.21. The zero-order valence-corrected chi connectivity index (χ0v) is 11.4. The number of aliphatic carboxylic acids is 1. The van der Waals surface area contributed by atoms with E-state index >= 15 is 0 Å². The van der Waals surface area contributed by atoms with Gasteiger partial charge < -0.3 is 10.4 Å². The Hall–Kier alpha value is -1.84. The van der Waals surface area contributed by atoms with Gasteiger partial charge in [0.25, 0.3) is 0 Å². The van der Waals surface area contributed by atoms with E-state index in [1.54, 1.807) is 0 Å². The fraction of sp³-hybridized carbons (Fsp3) is 0.500. The lowest BCUT2D eigenvalue weighted by Crippen LogP contribution is -2.43. The van der Waals surface area contributed by atoms with E-state index in [1.165, 1.54) is 11.1 Å². The van der Waals surface area contributed by atoms with E-state index in [0.29, 0.717) is 12.8 Å². The molecule has 1 saturated carbocycles. The molecule has 1 fully saturated rings. The molecule has 2 aliphatic carbocycles. The van der Waals surface area contributed by atoms with Crippen LogP contribution in [-0.4, -0.2) is 17.0 Å². The third-order valence-electron chi connectivity index (χ3n) is 4.73. The van der Waals surface area contributed by atoms with Crippen LogP contribution in [-0.2, 0) is 16.0 Å². The number of nitrogens with one attached hydrogen (secondary N) is 1. The van der Waals surface area contributed by atoms with Crippen LogP contribution < -0.4 is 5.32 Å². The molecule has 1 aromatic rings. The lowest BCUT2D eigenvalue weighted by molar-refractivity contribution is -0.157. The third kappa shape index (κ3) is 2.19. The van der Waals surface area contributed by atoms with Crippen molar-refractivity contribution in [1.82, 2.24) is 5.32 Å². The predicted molar refractivity (Wildman–Crippen MR) is 74.2 cm³/mol. The average Bonchev–Trinajstić information content (AvgIpc) is 2.77. The number of hydrogen-bond acceptors (Lipinski definition) is 2. The van der Waals surface area contributed by atoms with Crippen molar-refractivity contribution in [2.45, 2.75) is 44.6 Å². The minimum atomic E-state index is -0.828. The Morgan fingerprint density at radius 3 is 2.70 bits per heavy atom. The van der Waals surface area contributed by atoms with Crippen LogP contribution in [0.2, 0.25) is 0 Å². The zero-order valence-electron chi connectivity index (χ0n) is 11.4. The monoisotopic (exact) mass is 273 g/mol. The lowest BCUT2D eigenvalue weighted by Gasteiger charge is -2.37. The molecule has 3 rings (SSSR count). The Labute approximate surface area is 118 Å². The van der Waals surface area contributed by atoms with E-state index in [0.717, 1.165) is 19.3 Å². The minimum absolute atomic E-state index is 0.0459. The summed E-state index contributed by atoms with van der Waals surface area (Å²) in [6, 6.07) is 8.17. The molecular weight excluding hydrogens is 254 g/mol. The van der Waals surface area contributed by atoms with E-state index in [-0.39, 0.29) is 18.4 Å². The van der Waals surface area contributed by atoms with Crippen molar-refractivity contribution in [1.29, 1.82) is 0 Å². The molecule has 2 aliphatic rings. The van der Waals surface area contributed by atoms with Crippen molar-refractivity contribution in [2.24, 2.45) is 5.41 Å². The number of benzene rings is 1. The van der Waals surface area contributed by atoms with Gasteiger partial charge in [-0.2, -0.15) is 0 Å². The van der Waals surface area contributed by atoms with Crippen LogP contribution in [0.25, 0.3) is 0 Å². The smallest absolute Gasteiger partial charge is 0.310 e. The highest BCUT2D eigenvalue weighted by Gasteiger charge is 2.46. The number of rotatable bonds is 4. The second kappa shape index (κ2) is 4.93. The topological polar surface area (TPSA) is 66.4 Å². The van der Waals surface area contributed by atoms with E-state index in [9.17, 15) is 14.7 Å². The minimum Gasteiger partial charge on any atom is -0.481 e. The van der Waals surface area contributed by atoms with Crippen LogP contribution in [0.1, 0.15) is 49.3 Å². The Balaban J connectivity index is 1.65. The number of aryl methyl sites for hydroxylation is 1. The molecule has 4 heteroatoms. The summed E-state index contributed by atoms with van der Waals surface area (Å²) in [5, 5.41) is 12.3. The number of fused-ring (bicyclic) bond motifs is 1. The molecule has 1 unspecified atom stereocenters. The summed E-state index contributed by atoms with van der Waals surface area (Å²) in [6.45, 7) is 0. The number of amides is 1. The Morgan fingerprint density at radius 2 is 2.05 bits per heavy atom. The first kappa shape index (κ1) is 13.2. The van der Waals surface area contributed by atoms with Gasteiger partial charge in [-0.3, -0.25) is 9.59 Å². The standard InChI is InChI=1S/C16H19NO3/c18-14(10-16(15(19)20)8-3-9-16)17-13-7-6-11-4-1-2-5-12(11)13/h1-2,4-5,13H,3,6-10H2,(H,17,18)(H,19,20). The molecule has 20 heavy (non-hydrogen) atoms. The van der Waals surface area contributed by atoms with Crippen molar-refractivity contribution in [2.75, 3.05) is 0 Å². The lowest BCUT2D eigenvalue weighted by atomic mass is 9.66. The molecule has 1 amide bonds. The van der Waals surface area contributed by atoms with Gasteiger partial charge in [-0.15, -0.1) is 0 Å². The normalized spacial score (nSPS) is 22.7. The van der Waals surface area contributed by atoms with Crippen LogP contribution in [0, 0.1) is 5.41 Å². The fourth-order valence-corrected chi connectivity index (χ4v) is 3.33. The summed E-state index contributed by atoms with van der Waals surface area (Å²) in [5.41, 5.74) is 1.66. The Morgan fingerprint density at radius 1 is 1.30 bits per heavy atom. The number of carboxylic acids is 1. The molecule has 0 spiro atoms. The SMILES string of the molecule is O=C(CC1(C(=O)O)CCC1)NC1CCc2ccccc21. The second-order valence-corrected chi connectivity index (χ2v) is 5.97. The van der Waals surface area contributed by atoms with Gasteiger partial charge in [-0.1, -0.05) is 30.7 Å². The first-order valence-corrected chi connectivity index (χ1v) is 7.21. The van der Waals surface area contributed by atoms with Crippen molar-refractivity contribution >= 4 is 11.9 Å². The zero-order chi connectivity index (χ0) is 14.2. The molecule has 0 aromatic heterocycles. The summed E-state index contributed by atoms with van der Waals surface area (Å²) < 4.78 is 0. The highest BCUT2D eigenvalue weighted by atomic mass is 16.4. The van der Waals surface area contributed by atoms with Crippen LogP contribution in [0.3, 0.4) is 0 Å². The van der Waals surface area contributed by atoms with Crippen LogP contribution in [0.5, 0.6) is 0 Å². The summed E-state index contributed by atoms with van der Waals surface area (Å²) in [6.07, 6.45) is 4.15. The van der Waals surface area contributed by atoms with Gasteiger partial charge in [0.2, 0.25) is 5.91 Å². The molecule has 4 nitrogen and oxygen atoms in total. The van der Waals surface area contributed by atoms with Crippen LogP contribution in [0.4, 0.5) is 0 Å². The second-order valence-electron chi connectivity index (χ2n) is 5.97. The average molecular weight is 273 g/mol. The Kier molecular flexibility index (Phi) is 3.24. The number of carbonyl (C=O) groups is 2. The van der Waals surface area contributed by atoms with Gasteiger partial charge in [0.05, 0.1) is 11.5 Å². The maximum atomic E-state index is 12.1. The molecule has 106 valence electrons. The maximum Gasteiger partial charge on any atom is 0.310 e. The van der Waals surface area contributed by atoms with Gasteiger partial charge in [-0.05, 0) is 36.8 Å². The summed E-state index contributed by atoms with van der Waals surface area (Å²) in [5.74, 6) is -0.959. The van der Waals surface area contributed by atoms with Crippen LogP contribution in [0.15, 0.2) is 24.3 Å². The van der Waals surface area contributed by atoms with E-state index in [4.69, 9.17) is 0 Å². The predicted octanol–water partition coefficient (Wildman–Crippen LogP) is 2.44. The highest BCUT2D eigenvalue weighted by Crippen LogP contribution is 2.44. The van der Waals surface area contributed by atoms with E-state index in [1.807, 2.05) is 18.2 Å². The van der Waals surface area contributed by atoms with Crippen molar-refractivity contribution in [3.63, 3.8) is 0 Å². The van der Waals surface area contributed by atoms with E-state index < -0.39 is 11.4 Å². The van der Waals surface area contributed by atoms with Gasteiger partial charge in [0.1, 0.15) is 0 Å².